The van der Waals surface area contributed by atoms with Crippen LogP contribution in [-0.2, 0) is 17.8 Å². The van der Waals surface area contributed by atoms with Crippen molar-refractivity contribution in [2.24, 2.45) is 11.1 Å². The van der Waals surface area contributed by atoms with Crippen LogP contribution in [0.1, 0.15) is 86.1 Å². The molecule has 1 aliphatic heterocycles. The molecule has 0 saturated heterocycles. The van der Waals surface area contributed by atoms with Crippen LogP contribution >= 0.6 is 0 Å². The second kappa shape index (κ2) is 8.29. The van der Waals surface area contributed by atoms with Crippen molar-refractivity contribution < 1.29 is 9.18 Å². The Hall–Kier alpha value is -2.36. The van der Waals surface area contributed by atoms with E-state index in [0.29, 0.717) is 5.92 Å². The van der Waals surface area contributed by atoms with E-state index in [0.717, 1.165) is 36.2 Å². The van der Waals surface area contributed by atoms with Gasteiger partial charge in [-0.25, -0.2) is 4.39 Å². The van der Waals surface area contributed by atoms with Gasteiger partial charge in [-0.15, -0.1) is 0 Å². The molecule has 2 aromatic carbocycles. The van der Waals surface area contributed by atoms with Gasteiger partial charge >= 0.3 is 0 Å². The van der Waals surface area contributed by atoms with Crippen molar-refractivity contribution in [3.8, 4) is 0 Å². The van der Waals surface area contributed by atoms with Crippen molar-refractivity contribution in [1.29, 1.82) is 0 Å². The Morgan fingerprint density at radius 1 is 1.13 bits per heavy atom. The molecule has 0 aromatic heterocycles. The summed E-state index contributed by atoms with van der Waals surface area (Å²) in [7, 11) is 0. The third-order valence-corrected chi connectivity index (χ3v) is 7.18. The lowest BCUT2D eigenvalue weighted by molar-refractivity contribution is -0.121. The summed E-state index contributed by atoms with van der Waals surface area (Å²) in [5.74, 6) is -0.210. The van der Waals surface area contributed by atoms with Crippen LogP contribution in [0.3, 0.4) is 0 Å². The largest absolute Gasteiger partial charge is 0.369 e. The fourth-order valence-corrected chi connectivity index (χ4v) is 5.70. The molecule has 4 heteroatoms. The number of rotatable bonds is 4. The van der Waals surface area contributed by atoms with E-state index in [4.69, 9.17) is 5.73 Å². The summed E-state index contributed by atoms with van der Waals surface area (Å²) in [4.78, 5) is 15.0. The third-order valence-electron chi connectivity index (χ3n) is 7.18. The zero-order valence-corrected chi connectivity index (χ0v) is 19.3. The molecule has 0 bridgehead atoms. The molecule has 1 heterocycles. The van der Waals surface area contributed by atoms with Crippen LogP contribution in [0, 0.1) is 18.2 Å². The van der Waals surface area contributed by atoms with Crippen LogP contribution in [0.25, 0.3) is 0 Å². The molecule has 1 amide bonds. The highest BCUT2D eigenvalue weighted by atomic mass is 19.1. The Bertz CT molecular complexity index is 985. The summed E-state index contributed by atoms with van der Waals surface area (Å²) in [5, 5.41) is 0. The first-order valence-corrected chi connectivity index (χ1v) is 11.6. The molecule has 0 spiro atoms. The fourth-order valence-electron chi connectivity index (χ4n) is 5.70. The van der Waals surface area contributed by atoms with E-state index < -0.39 is 0 Å². The van der Waals surface area contributed by atoms with Crippen molar-refractivity contribution in [3.05, 3.63) is 64.0 Å². The Labute approximate surface area is 185 Å². The first kappa shape index (κ1) is 21.9. The SMILES string of the molecule is Cc1cc(N2CCc3cc(F)ccc3C2)cc(C2CCCC2)c1C(C(N)=O)C(C)(C)C. The maximum absolute atomic E-state index is 13.6. The number of amides is 1. The standard InChI is InChI=1S/C27H35FN2O/c1-17-13-22(30-12-11-19-14-21(28)10-9-20(19)16-30)15-23(18-7-5-6-8-18)24(17)25(26(29)31)27(2,3)4/h9-10,13-15,18,25H,5-8,11-12,16H2,1-4H3,(H2,29,31). The van der Waals surface area contributed by atoms with Gasteiger partial charge in [-0.3, -0.25) is 4.79 Å². The number of carbonyl (C=O) groups is 1. The number of fused-ring (bicyclic) bond motifs is 1. The fraction of sp³-hybridized carbons (Fsp3) is 0.519. The molecule has 1 aliphatic carbocycles. The Morgan fingerprint density at radius 3 is 2.48 bits per heavy atom. The number of carbonyl (C=O) groups excluding carboxylic acids is 1. The number of aryl methyl sites for hydroxylation is 1. The van der Waals surface area contributed by atoms with Crippen molar-refractivity contribution in [2.45, 2.75) is 78.2 Å². The Kier molecular flexibility index (Phi) is 5.85. The number of primary amides is 1. The molecule has 2 aliphatic rings. The normalized spacial score (nSPS) is 18.2. The van der Waals surface area contributed by atoms with Gasteiger partial charge in [0.2, 0.25) is 5.91 Å². The number of anilines is 1. The van der Waals surface area contributed by atoms with E-state index >= 15 is 0 Å². The molecule has 1 saturated carbocycles. The summed E-state index contributed by atoms with van der Waals surface area (Å²) in [6.45, 7) is 10.1. The molecule has 31 heavy (non-hydrogen) atoms. The van der Waals surface area contributed by atoms with E-state index in [1.165, 1.54) is 42.5 Å². The van der Waals surface area contributed by atoms with Crippen LogP contribution < -0.4 is 10.6 Å². The lowest BCUT2D eigenvalue weighted by Gasteiger charge is -2.35. The van der Waals surface area contributed by atoms with E-state index in [2.05, 4.69) is 44.7 Å². The molecular formula is C27H35FN2O. The monoisotopic (exact) mass is 422 g/mol. The molecule has 1 unspecified atom stereocenters. The molecule has 166 valence electrons. The molecule has 1 fully saturated rings. The second-order valence-corrected chi connectivity index (χ2v) is 10.5. The van der Waals surface area contributed by atoms with Gasteiger partial charge in [0, 0.05) is 18.8 Å². The summed E-state index contributed by atoms with van der Waals surface area (Å²) >= 11 is 0. The molecule has 4 rings (SSSR count). The lowest BCUT2D eigenvalue weighted by Crippen LogP contribution is -2.34. The number of hydrogen-bond donors (Lipinski definition) is 1. The molecule has 0 radical (unpaired) electrons. The van der Waals surface area contributed by atoms with E-state index in [1.54, 1.807) is 12.1 Å². The van der Waals surface area contributed by atoms with E-state index in [-0.39, 0.29) is 23.1 Å². The van der Waals surface area contributed by atoms with E-state index in [9.17, 15) is 9.18 Å². The van der Waals surface area contributed by atoms with Crippen molar-refractivity contribution in [3.63, 3.8) is 0 Å². The first-order chi connectivity index (χ1) is 14.6. The van der Waals surface area contributed by atoms with Crippen LogP contribution in [0.2, 0.25) is 0 Å². The maximum Gasteiger partial charge on any atom is 0.225 e. The number of benzene rings is 2. The van der Waals surface area contributed by atoms with Gasteiger partial charge in [-0.2, -0.15) is 0 Å². The highest BCUT2D eigenvalue weighted by Gasteiger charge is 2.36. The van der Waals surface area contributed by atoms with E-state index in [1.807, 2.05) is 6.07 Å². The topological polar surface area (TPSA) is 46.3 Å². The summed E-state index contributed by atoms with van der Waals surface area (Å²) in [6, 6.07) is 9.70. The molecular weight excluding hydrogens is 387 g/mol. The highest BCUT2D eigenvalue weighted by molar-refractivity contribution is 5.84. The molecule has 3 nitrogen and oxygen atoms in total. The van der Waals surface area contributed by atoms with Crippen LogP contribution in [0.5, 0.6) is 0 Å². The second-order valence-electron chi connectivity index (χ2n) is 10.5. The average Bonchev–Trinajstić information content (AvgIpc) is 3.22. The van der Waals surface area contributed by atoms with Gasteiger partial charge in [-0.05, 0) is 89.6 Å². The third kappa shape index (κ3) is 4.35. The predicted molar refractivity (Wildman–Crippen MR) is 125 cm³/mol. The molecule has 1 atom stereocenters. The van der Waals surface area contributed by atoms with Crippen LogP contribution in [-0.4, -0.2) is 12.5 Å². The first-order valence-electron chi connectivity index (χ1n) is 11.6. The predicted octanol–water partition coefficient (Wildman–Crippen LogP) is 5.97. The minimum absolute atomic E-state index is 0.157. The number of hydrogen-bond acceptors (Lipinski definition) is 2. The van der Waals surface area contributed by atoms with Gasteiger partial charge in [0.05, 0.1) is 5.92 Å². The van der Waals surface area contributed by atoms with Gasteiger partial charge in [0.15, 0.2) is 0 Å². The van der Waals surface area contributed by atoms with Crippen molar-refractivity contribution >= 4 is 11.6 Å². The quantitative estimate of drug-likeness (QED) is 0.660. The minimum Gasteiger partial charge on any atom is -0.369 e. The zero-order valence-electron chi connectivity index (χ0n) is 19.3. The highest BCUT2D eigenvalue weighted by Crippen LogP contribution is 2.46. The van der Waals surface area contributed by atoms with Gasteiger partial charge in [0.1, 0.15) is 5.82 Å². The minimum atomic E-state index is -0.304. The molecule has 2 aromatic rings. The maximum atomic E-state index is 13.6. The smallest absolute Gasteiger partial charge is 0.225 e. The van der Waals surface area contributed by atoms with Gasteiger partial charge < -0.3 is 10.6 Å². The Balaban J connectivity index is 1.77. The number of halogens is 1. The van der Waals surface area contributed by atoms with Crippen molar-refractivity contribution in [1.82, 2.24) is 0 Å². The number of nitrogens with zero attached hydrogens (tertiary/aromatic N) is 1. The molecule has 2 N–H and O–H groups in total. The lowest BCUT2D eigenvalue weighted by atomic mass is 9.71. The van der Waals surface area contributed by atoms with Crippen LogP contribution in [0.15, 0.2) is 30.3 Å². The Morgan fingerprint density at radius 2 is 1.84 bits per heavy atom. The van der Waals surface area contributed by atoms with Gasteiger partial charge in [0.25, 0.3) is 0 Å². The van der Waals surface area contributed by atoms with Crippen molar-refractivity contribution in [2.75, 3.05) is 11.4 Å². The summed E-state index contributed by atoms with van der Waals surface area (Å²) in [6.07, 6.45) is 5.68. The van der Waals surface area contributed by atoms with Crippen LogP contribution in [0.4, 0.5) is 10.1 Å². The summed E-state index contributed by atoms with van der Waals surface area (Å²) in [5.41, 5.74) is 12.9. The van der Waals surface area contributed by atoms with Gasteiger partial charge in [-0.1, -0.05) is 39.7 Å². The summed E-state index contributed by atoms with van der Waals surface area (Å²) < 4.78 is 13.6. The zero-order chi connectivity index (χ0) is 22.3. The average molecular weight is 423 g/mol. The number of nitrogens with two attached hydrogens (primary N) is 1.